The van der Waals surface area contributed by atoms with Gasteiger partial charge in [0.2, 0.25) is 5.95 Å². The van der Waals surface area contributed by atoms with Gasteiger partial charge < -0.3 is 25.6 Å². The number of pyridine rings is 1. The number of nitrogens with zero attached hydrogens (tertiary/aromatic N) is 4. The van der Waals surface area contributed by atoms with Gasteiger partial charge in [0.05, 0.1) is 45.6 Å². The first-order valence-electron chi connectivity index (χ1n) is 14.3. The summed E-state index contributed by atoms with van der Waals surface area (Å²) in [6.07, 6.45) is -5.79. The molecule has 0 bridgehead atoms. The molecule has 17 heteroatoms. The van der Waals surface area contributed by atoms with Crippen molar-refractivity contribution in [3.8, 4) is 16.3 Å². The Kier molecular flexibility index (Phi) is 9.41. The average Bonchev–Trinajstić information content (AvgIpc) is 3.49. The van der Waals surface area contributed by atoms with Gasteiger partial charge in [-0.1, -0.05) is 13.0 Å². The first-order chi connectivity index (χ1) is 21.5. The van der Waals surface area contributed by atoms with Gasteiger partial charge in [0, 0.05) is 29.5 Å². The number of anilines is 2. The monoisotopic (exact) mass is 684 g/mol. The third-order valence-electron chi connectivity index (χ3n) is 7.84. The lowest BCUT2D eigenvalue weighted by Gasteiger charge is -2.22. The molecule has 11 nitrogen and oxygen atoms in total. The molecule has 0 aliphatic heterocycles. The quantitative estimate of drug-likeness (QED) is 0.168. The van der Waals surface area contributed by atoms with Crippen molar-refractivity contribution in [3.63, 3.8) is 0 Å². The fraction of sp³-hybridized carbons (Fsp3) is 0.448. The van der Waals surface area contributed by atoms with Crippen molar-refractivity contribution in [3.05, 3.63) is 53.2 Å². The third-order valence-corrected chi connectivity index (χ3v) is 10.7. The van der Waals surface area contributed by atoms with Crippen LogP contribution in [0.15, 0.2) is 30.5 Å². The Labute approximate surface area is 266 Å². The second kappa shape index (κ2) is 12.8. The molecule has 1 aromatic carbocycles. The molecule has 46 heavy (non-hydrogen) atoms. The first kappa shape index (κ1) is 33.7. The van der Waals surface area contributed by atoms with E-state index < -0.39 is 58.0 Å². The fourth-order valence-corrected chi connectivity index (χ4v) is 7.80. The number of ether oxygens (including phenoxy) is 1. The van der Waals surface area contributed by atoms with Gasteiger partial charge in [0.25, 0.3) is 0 Å². The fourth-order valence-electron chi connectivity index (χ4n) is 5.47. The highest BCUT2D eigenvalue weighted by Gasteiger charge is 2.43. The number of aryl methyl sites for hydroxylation is 2. The Hall–Kier alpha value is -3.67. The number of fused-ring (bicyclic) bond motifs is 1. The van der Waals surface area contributed by atoms with Crippen LogP contribution >= 0.6 is 11.3 Å². The van der Waals surface area contributed by atoms with E-state index in [1.807, 2.05) is 13.0 Å². The summed E-state index contributed by atoms with van der Waals surface area (Å²) in [6.45, 7) is 6.61. The summed E-state index contributed by atoms with van der Waals surface area (Å²) in [6, 6.07) is 3.01. The number of aliphatic hydroxyl groups is 2. The first-order valence-corrected chi connectivity index (χ1v) is 16.9. The van der Waals surface area contributed by atoms with Gasteiger partial charge in [0.15, 0.2) is 0 Å². The molecule has 3 aromatic heterocycles. The molecule has 1 fully saturated rings. The lowest BCUT2D eigenvalue weighted by Crippen LogP contribution is -2.36. The summed E-state index contributed by atoms with van der Waals surface area (Å²) < 4.78 is 81.9. The maximum atomic E-state index is 14.8. The van der Waals surface area contributed by atoms with Crippen molar-refractivity contribution in [2.45, 2.75) is 64.8 Å². The SMILES string of the molecule is CCS(=O)(=O)C[C@H]1CC(Nc2nc(N[C@H](C)c3ccc(OC(F)(F)F)cc3F)nc(C)c2-c2nc3c(C)nccc3s2)[C@H](O)[C@@H]1O. The number of sulfone groups is 1. The molecule has 5 rings (SSSR count). The number of aromatic nitrogens is 4. The van der Waals surface area contributed by atoms with Gasteiger partial charge in [0.1, 0.15) is 43.9 Å². The number of alkyl halides is 3. The zero-order valence-corrected chi connectivity index (χ0v) is 26.8. The van der Waals surface area contributed by atoms with Crippen molar-refractivity contribution in [1.82, 2.24) is 19.9 Å². The number of nitrogens with one attached hydrogen (secondary N) is 2. The number of hydrogen-bond donors (Lipinski definition) is 4. The van der Waals surface area contributed by atoms with E-state index in [4.69, 9.17) is 4.98 Å². The molecule has 0 saturated heterocycles. The highest BCUT2D eigenvalue weighted by Crippen LogP contribution is 2.39. The molecule has 1 aliphatic rings. The lowest BCUT2D eigenvalue weighted by atomic mass is 10.1. The van der Waals surface area contributed by atoms with E-state index in [9.17, 15) is 36.2 Å². The Morgan fingerprint density at radius 2 is 1.85 bits per heavy atom. The predicted octanol–water partition coefficient (Wildman–Crippen LogP) is 4.93. The Balaban J connectivity index is 1.50. The van der Waals surface area contributed by atoms with E-state index >= 15 is 0 Å². The summed E-state index contributed by atoms with van der Waals surface area (Å²) in [4.78, 5) is 18.2. The minimum atomic E-state index is -4.97. The van der Waals surface area contributed by atoms with Gasteiger partial charge >= 0.3 is 6.36 Å². The summed E-state index contributed by atoms with van der Waals surface area (Å²) in [5.74, 6) is -2.50. The molecular formula is C29H32F4N6O5S2. The molecule has 0 spiro atoms. The third kappa shape index (κ3) is 7.32. The Morgan fingerprint density at radius 3 is 2.50 bits per heavy atom. The van der Waals surface area contributed by atoms with Crippen LogP contribution in [-0.4, -0.2) is 74.7 Å². The number of hydrogen-bond acceptors (Lipinski definition) is 12. The normalized spacial score (nSPS) is 21.0. The van der Waals surface area contributed by atoms with Crippen LogP contribution in [0, 0.1) is 25.6 Å². The number of rotatable bonds is 10. The number of halogens is 4. The largest absolute Gasteiger partial charge is 0.573 e. The molecule has 5 atom stereocenters. The topological polar surface area (TPSA) is 159 Å². The molecule has 0 amide bonds. The summed E-state index contributed by atoms with van der Waals surface area (Å²) in [5, 5.41) is 28.3. The van der Waals surface area contributed by atoms with E-state index in [1.54, 1.807) is 20.0 Å². The summed E-state index contributed by atoms with van der Waals surface area (Å²) in [7, 11) is -3.44. The maximum absolute atomic E-state index is 14.8. The van der Waals surface area contributed by atoms with Crippen molar-refractivity contribution in [1.29, 1.82) is 0 Å². The zero-order valence-electron chi connectivity index (χ0n) is 25.1. The summed E-state index contributed by atoms with van der Waals surface area (Å²) >= 11 is 1.36. The molecule has 1 saturated carbocycles. The maximum Gasteiger partial charge on any atom is 0.573 e. The van der Waals surface area contributed by atoms with Crippen molar-refractivity contribution < 1.29 is 40.9 Å². The van der Waals surface area contributed by atoms with E-state index in [1.165, 1.54) is 18.3 Å². The summed E-state index contributed by atoms with van der Waals surface area (Å²) in [5.41, 5.74) is 2.36. The standard InChI is InChI=1S/C29H32F4N6O5S2/c1-5-46(42,43)12-16-10-20(25(41)24(16)40)37-26-22(27-38-23-15(4)34-9-8-21(23)45-27)14(3)36-28(39-26)35-13(2)18-7-6-17(11-19(18)30)44-29(31,32)33/h6-9,11,13,16,20,24-25,40-41H,5,10,12H2,1-4H3,(H2,35,36,37,39)/t13-,16-,20?,24-,25+/m1/s1. The minimum Gasteiger partial charge on any atom is -0.406 e. The van der Waals surface area contributed by atoms with Gasteiger partial charge in [-0.05, 0) is 39.3 Å². The smallest absolute Gasteiger partial charge is 0.406 e. The second-order valence-corrected chi connectivity index (χ2v) is 14.6. The number of aliphatic hydroxyl groups excluding tert-OH is 2. The Morgan fingerprint density at radius 1 is 1.11 bits per heavy atom. The van der Waals surface area contributed by atoms with Gasteiger partial charge in [-0.3, -0.25) is 4.98 Å². The van der Waals surface area contributed by atoms with Crippen LogP contribution in [0.1, 0.15) is 43.3 Å². The zero-order chi connectivity index (χ0) is 33.6. The molecule has 0 radical (unpaired) electrons. The number of benzene rings is 1. The lowest BCUT2D eigenvalue weighted by molar-refractivity contribution is -0.274. The molecule has 248 valence electrons. The van der Waals surface area contributed by atoms with Gasteiger partial charge in [-0.2, -0.15) is 4.98 Å². The molecule has 4 aromatic rings. The minimum absolute atomic E-state index is 0.0258. The van der Waals surface area contributed by atoms with Crippen LogP contribution in [0.2, 0.25) is 0 Å². The average molecular weight is 685 g/mol. The van der Waals surface area contributed by atoms with Crippen LogP contribution in [0.4, 0.5) is 29.3 Å². The van der Waals surface area contributed by atoms with E-state index in [2.05, 4.69) is 30.3 Å². The molecule has 3 heterocycles. The Bertz CT molecular complexity index is 1860. The van der Waals surface area contributed by atoms with Crippen LogP contribution in [0.5, 0.6) is 5.75 Å². The van der Waals surface area contributed by atoms with Crippen molar-refractivity contribution in [2.75, 3.05) is 22.1 Å². The molecule has 1 unspecified atom stereocenters. The van der Waals surface area contributed by atoms with Crippen molar-refractivity contribution in [2.24, 2.45) is 5.92 Å². The predicted molar refractivity (Wildman–Crippen MR) is 165 cm³/mol. The van der Waals surface area contributed by atoms with Crippen LogP contribution in [0.3, 0.4) is 0 Å². The number of thiazole rings is 1. The van der Waals surface area contributed by atoms with Crippen LogP contribution in [0.25, 0.3) is 20.8 Å². The molecule has 1 aliphatic carbocycles. The highest BCUT2D eigenvalue weighted by atomic mass is 32.2. The van der Waals surface area contributed by atoms with E-state index in [0.717, 1.165) is 16.8 Å². The van der Waals surface area contributed by atoms with Crippen LogP contribution in [-0.2, 0) is 9.84 Å². The van der Waals surface area contributed by atoms with Crippen LogP contribution < -0.4 is 15.4 Å². The molecular weight excluding hydrogens is 652 g/mol. The molecule has 4 N–H and O–H groups in total. The van der Waals surface area contributed by atoms with E-state index in [-0.39, 0.29) is 35.3 Å². The second-order valence-electron chi connectivity index (χ2n) is 11.1. The van der Waals surface area contributed by atoms with E-state index in [0.29, 0.717) is 33.5 Å². The van der Waals surface area contributed by atoms with Gasteiger partial charge in [-0.25, -0.2) is 22.8 Å². The highest BCUT2D eigenvalue weighted by molar-refractivity contribution is 7.91. The van der Waals surface area contributed by atoms with Gasteiger partial charge in [-0.15, -0.1) is 24.5 Å². The van der Waals surface area contributed by atoms with Crippen molar-refractivity contribution >= 4 is 43.2 Å².